The van der Waals surface area contributed by atoms with Gasteiger partial charge in [-0.15, -0.1) is 0 Å². The molecule has 2 aromatic carbocycles. The zero-order valence-electron chi connectivity index (χ0n) is 11.4. The van der Waals surface area contributed by atoms with Gasteiger partial charge in [-0.2, -0.15) is 0 Å². The van der Waals surface area contributed by atoms with Crippen LogP contribution < -0.4 is 10.6 Å². The first-order valence-corrected chi connectivity index (χ1v) is 6.64. The largest absolute Gasteiger partial charge is 0.399 e. The second kappa shape index (κ2) is 6.37. The third-order valence-electron chi connectivity index (χ3n) is 3.05. The fraction of sp³-hybridized carbons (Fsp3) is 0.250. The van der Waals surface area contributed by atoms with Crippen LogP contribution in [0.1, 0.15) is 18.9 Å². The van der Waals surface area contributed by atoms with Gasteiger partial charge in [-0.1, -0.05) is 6.92 Å². The van der Waals surface area contributed by atoms with Crippen molar-refractivity contribution >= 4 is 11.4 Å². The molecule has 0 spiro atoms. The molecular weight excluding hydrogens is 258 g/mol. The summed E-state index contributed by atoms with van der Waals surface area (Å²) >= 11 is 0. The van der Waals surface area contributed by atoms with E-state index < -0.39 is 11.6 Å². The Bertz CT molecular complexity index is 547. The van der Waals surface area contributed by atoms with Crippen LogP contribution in [-0.4, -0.2) is 6.54 Å². The summed E-state index contributed by atoms with van der Waals surface area (Å²) in [5.41, 5.74) is 7.98. The van der Waals surface area contributed by atoms with E-state index in [2.05, 4.69) is 11.8 Å². The highest BCUT2D eigenvalue weighted by atomic mass is 19.1. The van der Waals surface area contributed by atoms with E-state index in [1.165, 1.54) is 12.1 Å². The molecule has 0 aromatic heterocycles. The van der Waals surface area contributed by atoms with Crippen LogP contribution >= 0.6 is 0 Å². The van der Waals surface area contributed by atoms with Gasteiger partial charge in [-0.05, 0) is 48.4 Å². The van der Waals surface area contributed by atoms with Gasteiger partial charge in [0.2, 0.25) is 0 Å². The fourth-order valence-corrected chi connectivity index (χ4v) is 2.18. The number of hydrogen-bond donors (Lipinski definition) is 1. The van der Waals surface area contributed by atoms with E-state index in [1.807, 2.05) is 24.3 Å². The van der Waals surface area contributed by atoms with Gasteiger partial charge in [0.05, 0.1) is 0 Å². The van der Waals surface area contributed by atoms with Crippen molar-refractivity contribution < 1.29 is 8.78 Å². The number of nitrogens with two attached hydrogens (primary N) is 1. The highest BCUT2D eigenvalue weighted by Gasteiger charge is 2.08. The van der Waals surface area contributed by atoms with Crippen molar-refractivity contribution in [3.8, 4) is 0 Å². The zero-order valence-corrected chi connectivity index (χ0v) is 11.4. The van der Waals surface area contributed by atoms with Crippen molar-refractivity contribution in [2.24, 2.45) is 0 Å². The van der Waals surface area contributed by atoms with Gasteiger partial charge in [0.1, 0.15) is 11.6 Å². The molecule has 0 fully saturated rings. The molecule has 0 aliphatic heterocycles. The normalized spacial score (nSPS) is 10.6. The molecule has 2 nitrogen and oxygen atoms in total. The van der Waals surface area contributed by atoms with E-state index in [4.69, 9.17) is 5.73 Å². The minimum atomic E-state index is -0.547. The van der Waals surface area contributed by atoms with Gasteiger partial charge in [-0.3, -0.25) is 0 Å². The van der Waals surface area contributed by atoms with E-state index >= 15 is 0 Å². The van der Waals surface area contributed by atoms with Gasteiger partial charge >= 0.3 is 0 Å². The lowest BCUT2D eigenvalue weighted by atomic mass is 10.1. The quantitative estimate of drug-likeness (QED) is 0.837. The van der Waals surface area contributed by atoms with Gasteiger partial charge in [0.25, 0.3) is 0 Å². The Labute approximate surface area is 117 Å². The lowest BCUT2D eigenvalue weighted by Crippen LogP contribution is -2.23. The Morgan fingerprint density at radius 1 is 1.00 bits per heavy atom. The smallest absolute Gasteiger partial charge is 0.126 e. The lowest BCUT2D eigenvalue weighted by molar-refractivity contribution is 0.578. The Morgan fingerprint density at radius 2 is 1.60 bits per heavy atom. The van der Waals surface area contributed by atoms with Crippen LogP contribution in [0.3, 0.4) is 0 Å². The molecule has 0 unspecified atom stereocenters. The maximum atomic E-state index is 13.2. The highest BCUT2D eigenvalue weighted by molar-refractivity contribution is 5.53. The van der Waals surface area contributed by atoms with Crippen LogP contribution in [0.15, 0.2) is 42.5 Å². The molecule has 0 radical (unpaired) electrons. The molecule has 2 rings (SSSR count). The summed E-state index contributed by atoms with van der Waals surface area (Å²) < 4.78 is 26.5. The minimum absolute atomic E-state index is 0.465. The Balaban J connectivity index is 2.22. The summed E-state index contributed by atoms with van der Waals surface area (Å²) in [6.45, 7) is 3.34. The van der Waals surface area contributed by atoms with E-state index in [0.29, 0.717) is 17.8 Å². The highest BCUT2D eigenvalue weighted by Crippen LogP contribution is 2.20. The molecule has 0 bridgehead atoms. The first-order chi connectivity index (χ1) is 9.58. The Morgan fingerprint density at radius 3 is 2.15 bits per heavy atom. The van der Waals surface area contributed by atoms with E-state index in [-0.39, 0.29) is 0 Å². The van der Waals surface area contributed by atoms with Crippen molar-refractivity contribution in [1.82, 2.24) is 0 Å². The Hall–Kier alpha value is -2.10. The first-order valence-electron chi connectivity index (χ1n) is 6.64. The number of anilines is 2. The van der Waals surface area contributed by atoms with Crippen molar-refractivity contribution in [3.63, 3.8) is 0 Å². The number of halogens is 2. The Kier molecular flexibility index (Phi) is 4.56. The van der Waals surface area contributed by atoms with Gasteiger partial charge in [0, 0.05) is 30.5 Å². The molecule has 2 aromatic rings. The van der Waals surface area contributed by atoms with Crippen molar-refractivity contribution in [1.29, 1.82) is 0 Å². The van der Waals surface area contributed by atoms with Crippen molar-refractivity contribution in [2.45, 2.75) is 19.9 Å². The monoisotopic (exact) mass is 276 g/mol. The molecule has 4 heteroatoms. The van der Waals surface area contributed by atoms with Crippen LogP contribution in [0.2, 0.25) is 0 Å². The van der Waals surface area contributed by atoms with E-state index in [9.17, 15) is 8.78 Å². The molecule has 0 amide bonds. The lowest BCUT2D eigenvalue weighted by Gasteiger charge is -2.24. The number of benzene rings is 2. The van der Waals surface area contributed by atoms with Crippen LogP contribution in [0.4, 0.5) is 20.2 Å². The maximum absolute atomic E-state index is 13.2. The predicted octanol–water partition coefficient (Wildman–Crippen LogP) is 3.96. The molecule has 106 valence electrons. The van der Waals surface area contributed by atoms with Crippen LogP contribution in [0.5, 0.6) is 0 Å². The van der Waals surface area contributed by atoms with Crippen molar-refractivity contribution in [2.75, 3.05) is 17.2 Å². The average molecular weight is 276 g/mol. The van der Waals surface area contributed by atoms with E-state index in [1.54, 1.807) is 0 Å². The summed E-state index contributed by atoms with van der Waals surface area (Å²) in [5.74, 6) is -1.09. The fourth-order valence-electron chi connectivity index (χ4n) is 2.18. The molecule has 0 heterocycles. The summed E-state index contributed by atoms with van der Waals surface area (Å²) in [6.07, 6.45) is 0.947. The average Bonchev–Trinajstić information content (AvgIpc) is 2.38. The van der Waals surface area contributed by atoms with Crippen LogP contribution in [0, 0.1) is 11.6 Å². The standard InChI is InChI=1S/C16H18F2N2/c1-2-7-20(16-5-3-15(19)4-6-16)11-12-8-13(17)10-14(18)9-12/h3-6,8-10H,2,7,11,19H2,1H3. The molecule has 0 saturated heterocycles. The van der Waals surface area contributed by atoms with Gasteiger partial charge in [0.15, 0.2) is 0 Å². The molecule has 20 heavy (non-hydrogen) atoms. The maximum Gasteiger partial charge on any atom is 0.126 e. The minimum Gasteiger partial charge on any atom is -0.399 e. The van der Waals surface area contributed by atoms with E-state index in [0.717, 1.165) is 24.7 Å². The van der Waals surface area contributed by atoms with Crippen molar-refractivity contribution in [3.05, 3.63) is 59.7 Å². The SMILES string of the molecule is CCCN(Cc1cc(F)cc(F)c1)c1ccc(N)cc1. The third kappa shape index (κ3) is 3.70. The second-order valence-electron chi connectivity index (χ2n) is 4.79. The number of nitrogens with zero attached hydrogens (tertiary/aromatic N) is 1. The third-order valence-corrected chi connectivity index (χ3v) is 3.05. The topological polar surface area (TPSA) is 29.3 Å². The number of nitrogen functional groups attached to an aromatic ring is 1. The number of rotatable bonds is 5. The molecule has 2 N–H and O–H groups in total. The first kappa shape index (κ1) is 14.3. The summed E-state index contributed by atoms with van der Waals surface area (Å²) in [5, 5.41) is 0. The van der Waals surface area contributed by atoms with Gasteiger partial charge in [-0.25, -0.2) is 8.78 Å². The predicted molar refractivity (Wildman–Crippen MR) is 78.6 cm³/mol. The summed E-state index contributed by atoms with van der Waals surface area (Å²) in [4.78, 5) is 2.08. The van der Waals surface area contributed by atoms with Crippen LogP contribution in [-0.2, 0) is 6.54 Å². The molecular formula is C16H18F2N2. The summed E-state index contributed by atoms with van der Waals surface area (Å²) in [6, 6.07) is 11.1. The van der Waals surface area contributed by atoms with Crippen LogP contribution in [0.25, 0.3) is 0 Å². The van der Waals surface area contributed by atoms with Gasteiger partial charge < -0.3 is 10.6 Å². The molecule has 0 aliphatic carbocycles. The molecule has 0 aliphatic rings. The summed E-state index contributed by atoms with van der Waals surface area (Å²) in [7, 11) is 0. The number of hydrogen-bond acceptors (Lipinski definition) is 2. The molecule has 0 atom stereocenters. The second-order valence-corrected chi connectivity index (χ2v) is 4.79. The zero-order chi connectivity index (χ0) is 14.5. The molecule has 0 saturated carbocycles.